The molecule has 0 bridgehead atoms. The van der Waals surface area contributed by atoms with Crippen LogP contribution in [0.1, 0.15) is 10.6 Å². The lowest BCUT2D eigenvalue weighted by molar-refractivity contribution is 0.0997. The Labute approximate surface area is 203 Å². The highest BCUT2D eigenvalue weighted by Gasteiger charge is 2.15. The summed E-state index contributed by atoms with van der Waals surface area (Å²) in [6.07, 6.45) is 0. The molecule has 2 aromatic heterocycles. The first-order valence-corrected chi connectivity index (χ1v) is 11.5. The van der Waals surface area contributed by atoms with Crippen molar-refractivity contribution in [3.63, 3.8) is 0 Å². The van der Waals surface area contributed by atoms with Crippen molar-refractivity contribution in [2.75, 3.05) is 5.32 Å². The molecule has 0 unspecified atom stereocenters. The van der Waals surface area contributed by atoms with Crippen molar-refractivity contribution in [3.05, 3.63) is 107 Å². The second-order valence-electron chi connectivity index (χ2n) is 7.85. The van der Waals surface area contributed by atoms with Crippen molar-refractivity contribution in [2.24, 2.45) is 0 Å². The number of amides is 1. The molecule has 164 valence electrons. The molecule has 0 radical (unpaired) electrons. The second kappa shape index (κ2) is 8.32. The summed E-state index contributed by atoms with van der Waals surface area (Å²) in [7, 11) is 0. The molecule has 0 saturated carbocycles. The van der Waals surface area contributed by atoms with Crippen LogP contribution in [0.3, 0.4) is 0 Å². The number of halogens is 1. The summed E-state index contributed by atoms with van der Waals surface area (Å²) >= 11 is 3.42. The van der Waals surface area contributed by atoms with E-state index in [2.05, 4.69) is 44.4 Å². The fourth-order valence-corrected chi connectivity index (χ4v) is 4.22. The average molecular weight is 509 g/mol. The van der Waals surface area contributed by atoms with Crippen LogP contribution in [0.4, 0.5) is 5.69 Å². The molecule has 0 atom stereocenters. The summed E-state index contributed by atoms with van der Waals surface area (Å²) in [5.74, 6) is 1.07. The summed E-state index contributed by atoms with van der Waals surface area (Å²) in [6.45, 7) is 0. The normalized spacial score (nSPS) is 11.2. The van der Waals surface area contributed by atoms with Crippen LogP contribution in [0.5, 0.6) is 0 Å². The smallest absolute Gasteiger partial charge is 0.291 e. The van der Waals surface area contributed by atoms with Gasteiger partial charge in [0.1, 0.15) is 11.3 Å². The maximum absolute atomic E-state index is 12.8. The molecule has 0 aliphatic carbocycles. The predicted octanol–water partition coefficient (Wildman–Crippen LogP) is 7.92. The highest BCUT2D eigenvalue weighted by atomic mass is 79.9. The SMILES string of the molecule is O=C(Nc1ccc2oc(-c3cccc4ccccc34)nc2c1)c1ccc(-c2ccc(Br)cc2)o1. The van der Waals surface area contributed by atoms with Crippen LogP contribution < -0.4 is 5.32 Å². The van der Waals surface area contributed by atoms with Gasteiger partial charge in [0, 0.05) is 21.3 Å². The van der Waals surface area contributed by atoms with Crippen LogP contribution in [0.15, 0.2) is 110 Å². The second-order valence-corrected chi connectivity index (χ2v) is 8.77. The number of nitrogens with zero attached hydrogens (tertiary/aromatic N) is 1. The maximum Gasteiger partial charge on any atom is 0.291 e. The standard InChI is InChI=1S/C28H17BrN2O3/c29-19-10-8-18(9-11-19)24-14-15-26(33-24)27(32)30-20-12-13-25-23(16-20)31-28(34-25)22-7-3-5-17-4-1-2-6-21(17)22/h1-16H,(H,30,32). The first-order chi connectivity index (χ1) is 16.6. The minimum Gasteiger partial charge on any atom is -0.451 e. The van der Waals surface area contributed by atoms with Gasteiger partial charge in [0.2, 0.25) is 5.89 Å². The van der Waals surface area contributed by atoms with Crippen molar-refractivity contribution < 1.29 is 13.6 Å². The van der Waals surface area contributed by atoms with Gasteiger partial charge in [0.05, 0.1) is 0 Å². The molecule has 6 rings (SSSR count). The van der Waals surface area contributed by atoms with Crippen LogP contribution in [0.2, 0.25) is 0 Å². The average Bonchev–Trinajstić information content (AvgIpc) is 3.52. The predicted molar refractivity (Wildman–Crippen MR) is 137 cm³/mol. The largest absolute Gasteiger partial charge is 0.451 e. The van der Waals surface area contributed by atoms with E-state index >= 15 is 0 Å². The molecule has 0 fully saturated rings. The van der Waals surface area contributed by atoms with Crippen LogP contribution in [0.25, 0.3) is 44.7 Å². The van der Waals surface area contributed by atoms with Gasteiger partial charge in [-0.1, -0.05) is 64.5 Å². The van der Waals surface area contributed by atoms with Crippen molar-refractivity contribution in [1.82, 2.24) is 4.98 Å². The highest BCUT2D eigenvalue weighted by molar-refractivity contribution is 9.10. The van der Waals surface area contributed by atoms with Crippen LogP contribution in [0, 0.1) is 0 Å². The van der Waals surface area contributed by atoms with Gasteiger partial charge < -0.3 is 14.2 Å². The number of aromatic nitrogens is 1. The highest BCUT2D eigenvalue weighted by Crippen LogP contribution is 2.31. The molecule has 34 heavy (non-hydrogen) atoms. The van der Waals surface area contributed by atoms with Gasteiger partial charge in [-0.3, -0.25) is 4.79 Å². The Kier molecular flexibility index (Phi) is 5.00. The van der Waals surface area contributed by atoms with Gasteiger partial charge >= 0.3 is 0 Å². The Morgan fingerprint density at radius 3 is 2.53 bits per heavy atom. The van der Waals surface area contributed by atoms with E-state index in [9.17, 15) is 4.79 Å². The molecule has 2 heterocycles. The lowest BCUT2D eigenvalue weighted by Gasteiger charge is -2.03. The van der Waals surface area contributed by atoms with Gasteiger partial charge in [0.15, 0.2) is 11.3 Å². The Balaban J connectivity index is 1.26. The number of fused-ring (bicyclic) bond motifs is 2. The Hall–Kier alpha value is -4.16. The Bertz CT molecular complexity index is 1660. The van der Waals surface area contributed by atoms with Gasteiger partial charge in [-0.25, -0.2) is 4.98 Å². The molecule has 0 spiro atoms. The van der Waals surface area contributed by atoms with E-state index in [-0.39, 0.29) is 11.7 Å². The first kappa shape index (κ1) is 20.4. The van der Waals surface area contributed by atoms with Crippen LogP contribution in [-0.4, -0.2) is 10.9 Å². The molecule has 6 heteroatoms. The van der Waals surface area contributed by atoms with Gasteiger partial charge in [0.25, 0.3) is 5.91 Å². The molecular weight excluding hydrogens is 492 g/mol. The third-order valence-electron chi connectivity index (χ3n) is 5.62. The molecule has 0 aliphatic heterocycles. The molecule has 6 aromatic rings. The summed E-state index contributed by atoms with van der Waals surface area (Å²) in [5, 5.41) is 5.08. The van der Waals surface area contributed by atoms with Crippen molar-refractivity contribution in [2.45, 2.75) is 0 Å². The third-order valence-corrected chi connectivity index (χ3v) is 6.15. The number of anilines is 1. The van der Waals surface area contributed by atoms with Crippen LogP contribution in [-0.2, 0) is 0 Å². The zero-order valence-corrected chi connectivity index (χ0v) is 19.4. The lowest BCUT2D eigenvalue weighted by atomic mass is 10.0. The molecule has 1 amide bonds. The first-order valence-electron chi connectivity index (χ1n) is 10.7. The number of carbonyl (C=O) groups is 1. The Morgan fingerprint density at radius 2 is 1.65 bits per heavy atom. The van der Waals surface area contributed by atoms with E-state index in [1.165, 1.54) is 0 Å². The Morgan fingerprint density at radius 1 is 0.824 bits per heavy atom. The van der Waals surface area contributed by atoms with Crippen molar-refractivity contribution in [3.8, 4) is 22.8 Å². The summed E-state index contributed by atoms with van der Waals surface area (Å²) in [6, 6.07) is 30.7. The maximum atomic E-state index is 12.8. The van der Waals surface area contributed by atoms with E-state index in [1.54, 1.807) is 24.3 Å². The molecule has 0 saturated heterocycles. The van der Waals surface area contributed by atoms with E-state index < -0.39 is 0 Å². The number of benzene rings is 4. The molecule has 4 aromatic carbocycles. The number of nitrogens with one attached hydrogen (secondary N) is 1. The van der Waals surface area contributed by atoms with E-state index in [4.69, 9.17) is 8.83 Å². The molecule has 5 nitrogen and oxygen atoms in total. The van der Waals surface area contributed by atoms with Crippen molar-refractivity contribution in [1.29, 1.82) is 0 Å². The molecule has 0 aliphatic rings. The van der Waals surface area contributed by atoms with Crippen LogP contribution >= 0.6 is 15.9 Å². The zero-order valence-electron chi connectivity index (χ0n) is 17.8. The number of oxazole rings is 1. The fraction of sp³-hybridized carbons (Fsp3) is 0. The monoisotopic (exact) mass is 508 g/mol. The van der Waals surface area contributed by atoms with E-state index in [0.717, 1.165) is 26.4 Å². The van der Waals surface area contributed by atoms with Gasteiger partial charge in [-0.15, -0.1) is 0 Å². The molecule has 1 N–H and O–H groups in total. The summed E-state index contributed by atoms with van der Waals surface area (Å²) < 4.78 is 12.8. The van der Waals surface area contributed by atoms with E-state index in [1.807, 2.05) is 54.6 Å². The third kappa shape index (κ3) is 3.78. The lowest BCUT2D eigenvalue weighted by Crippen LogP contribution is -2.10. The molecular formula is C28H17BrN2O3. The number of rotatable bonds is 4. The van der Waals surface area contributed by atoms with E-state index in [0.29, 0.717) is 28.4 Å². The van der Waals surface area contributed by atoms with Crippen molar-refractivity contribution >= 4 is 49.4 Å². The van der Waals surface area contributed by atoms with Gasteiger partial charge in [-0.05, 0) is 59.3 Å². The number of furan rings is 1. The zero-order chi connectivity index (χ0) is 23.1. The quantitative estimate of drug-likeness (QED) is 0.262. The number of carbonyl (C=O) groups excluding carboxylic acids is 1. The summed E-state index contributed by atoms with van der Waals surface area (Å²) in [5.41, 5.74) is 3.74. The minimum absolute atomic E-state index is 0.231. The summed E-state index contributed by atoms with van der Waals surface area (Å²) in [4.78, 5) is 17.4. The number of hydrogen-bond donors (Lipinski definition) is 1. The number of hydrogen-bond acceptors (Lipinski definition) is 4. The fourth-order valence-electron chi connectivity index (χ4n) is 3.95. The topological polar surface area (TPSA) is 68.3 Å². The van der Waals surface area contributed by atoms with Gasteiger partial charge in [-0.2, -0.15) is 0 Å². The minimum atomic E-state index is -0.333.